The lowest BCUT2D eigenvalue weighted by molar-refractivity contribution is 0.0696. The Hall–Kier alpha value is -2.14. The summed E-state index contributed by atoms with van der Waals surface area (Å²) >= 11 is 6.03. The predicted molar refractivity (Wildman–Crippen MR) is 76.8 cm³/mol. The number of hydrogen-bond donors (Lipinski definition) is 2. The molecule has 0 aromatic heterocycles. The highest BCUT2D eigenvalue weighted by molar-refractivity contribution is 6.31. The lowest BCUT2D eigenvalue weighted by atomic mass is 10.1. The monoisotopic (exact) mass is 311 g/mol. The summed E-state index contributed by atoms with van der Waals surface area (Å²) < 4.78 is 27.7. The number of halogens is 3. The molecule has 2 aromatic rings. The highest BCUT2D eigenvalue weighted by Gasteiger charge is 2.17. The highest BCUT2D eigenvalue weighted by Crippen LogP contribution is 2.29. The van der Waals surface area contributed by atoms with Gasteiger partial charge >= 0.3 is 5.97 Å². The molecule has 6 heteroatoms. The molecule has 1 unspecified atom stereocenters. The van der Waals surface area contributed by atoms with Crippen LogP contribution in [0.4, 0.5) is 14.5 Å². The van der Waals surface area contributed by atoms with Gasteiger partial charge in [-0.15, -0.1) is 0 Å². The molecule has 2 aromatic carbocycles. The molecular formula is C15H12ClF2NO2. The number of carboxylic acids is 1. The summed E-state index contributed by atoms with van der Waals surface area (Å²) in [4.78, 5) is 10.7. The smallest absolute Gasteiger partial charge is 0.335 e. The van der Waals surface area contributed by atoms with E-state index in [0.717, 1.165) is 12.1 Å². The lowest BCUT2D eigenvalue weighted by Crippen LogP contribution is -2.11. The minimum Gasteiger partial charge on any atom is -0.478 e. The fourth-order valence-electron chi connectivity index (χ4n) is 1.96. The van der Waals surface area contributed by atoms with Gasteiger partial charge in [0.05, 0.1) is 11.6 Å². The zero-order valence-electron chi connectivity index (χ0n) is 11.0. The first-order valence-electron chi connectivity index (χ1n) is 6.13. The molecule has 0 bridgehead atoms. The Bertz CT molecular complexity index is 668. The Balaban J connectivity index is 2.32. The van der Waals surface area contributed by atoms with Gasteiger partial charge in [0.15, 0.2) is 0 Å². The number of benzene rings is 2. The number of aromatic carboxylic acids is 1. The van der Waals surface area contributed by atoms with Gasteiger partial charge in [-0.2, -0.15) is 0 Å². The number of rotatable bonds is 4. The summed E-state index contributed by atoms with van der Waals surface area (Å²) in [7, 11) is 0. The van der Waals surface area contributed by atoms with E-state index >= 15 is 0 Å². The van der Waals surface area contributed by atoms with Crippen LogP contribution in [0.15, 0.2) is 36.4 Å². The number of carboxylic acid groups (broad SMARTS) is 1. The number of hydrogen-bond acceptors (Lipinski definition) is 2. The number of carbonyl (C=O) groups is 1. The first kappa shape index (κ1) is 15.3. The minimum absolute atomic E-state index is 0.382. The van der Waals surface area contributed by atoms with E-state index in [1.54, 1.807) is 31.2 Å². The van der Waals surface area contributed by atoms with Crippen LogP contribution in [0.2, 0.25) is 5.02 Å². The summed E-state index contributed by atoms with van der Waals surface area (Å²) in [6, 6.07) is 8.02. The van der Waals surface area contributed by atoms with E-state index in [4.69, 9.17) is 16.7 Å². The van der Waals surface area contributed by atoms with Crippen LogP contribution in [0.1, 0.15) is 28.9 Å². The molecule has 0 spiro atoms. The van der Waals surface area contributed by atoms with E-state index in [9.17, 15) is 13.6 Å². The molecule has 0 aliphatic carbocycles. The van der Waals surface area contributed by atoms with Crippen LogP contribution < -0.4 is 5.32 Å². The van der Waals surface area contributed by atoms with Crippen molar-refractivity contribution < 1.29 is 18.7 Å². The van der Waals surface area contributed by atoms with Gasteiger partial charge in [0.1, 0.15) is 17.3 Å². The van der Waals surface area contributed by atoms with Crippen LogP contribution in [0.25, 0.3) is 0 Å². The second-order valence-corrected chi connectivity index (χ2v) is 4.91. The average Bonchev–Trinajstić information content (AvgIpc) is 2.42. The molecule has 0 heterocycles. The molecule has 21 heavy (non-hydrogen) atoms. The Labute approximate surface area is 125 Å². The van der Waals surface area contributed by atoms with Gasteiger partial charge in [0.25, 0.3) is 0 Å². The van der Waals surface area contributed by atoms with Gasteiger partial charge in [0.2, 0.25) is 0 Å². The van der Waals surface area contributed by atoms with Crippen LogP contribution in [0.5, 0.6) is 0 Å². The van der Waals surface area contributed by atoms with Crippen molar-refractivity contribution in [3.05, 3.63) is 64.2 Å². The van der Waals surface area contributed by atoms with E-state index in [-0.39, 0.29) is 5.69 Å². The van der Waals surface area contributed by atoms with Crippen molar-refractivity contribution >= 4 is 23.3 Å². The molecule has 0 amide bonds. The van der Waals surface area contributed by atoms with Gasteiger partial charge in [0, 0.05) is 5.02 Å². The topological polar surface area (TPSA) is 49.3 Å². The summed E-state index contributed by atoms with van der Waals surface area (Å²) in [6.45, 7) is 1.70. The molecule has 0 radical (unpaired) electrons. The Morgan fingerprint density at radius 3 is 2.33 bits per heavy atom. The summed E-state index contributed by atoms with van der Waals surface area (Å²) in [5.74, 6) is -3.32. The summed E-state index contributed by atoms with van der Waals surface area (Å²) in [5, 5.41) is 11.9. The first-order chi connectivity index (χ1) is 9.90. The Morgan fingerprint density at radius 1 is 1.24 bits per heavy atom. The van der Waals surface area contributed by atoms with Crippen LogP contribution in [0.3, 0.4) is 0 Å². The van der Waals surface area contributed by atoms with Crippen molar-refractivity contribution in [2.24, 2.45) is 0 Å². The summed E-state index contributed by atoms with van der Waals surface area (Å²) in [6.07, 6.45) is 0. The molecule has 0 fully saturated rings. The van der Waals surface area contributed by atoms with Crippen molar-refractivity contribution in [2.75, 3.05) is 5.32 Å². The van der Waals surface area contributed by atoms with Crippen LogP contribution in [-0.4, -0.2) is 11.1 Å². The maximum atomic E-state index is 13.8. The molecule has 0 aliphatic rings. The Morgan fingerprint density at radius 2 is 1.81 bits per heavy atom. The first-order valence-corrected chi connectivity index (χ1v) is 6.51. The van der Waals surface area contributed by atoms with Gasteiger partial charge < -0.3 is 10.4 Å². The fourth-order valence-corrected chi connectivity index (χ4v) is 2.25. The zero-order chi connectivity index (χ0) is 15.6. The largest absolute Gasteiger partial charge is 0.478 e. The van der Waals surface area contributed by atoms with E-state index in [0.29, 0.717) is 10.6 Å². The molecule has 1 atom stereocenters. The molecular weight excluding hydrogens is 300 g/mol. The predicted octanol–water partition coefficient (Wildman–Crippen LogP) is 4.49. The second-order valence-electron chi connectivity index (χ2n) is 4.51. The lowest BCUT2D eigenvalue weighted by Gasteiger charge is -2.18. The quantitative estimate of drug-likeness (QED) is 0.874. The van der Waals surface area contributed by atoms with E-state index in [1.807, 2.05) is 0 Å². The normalized spacial score (nSPS) is 12.0. The third-order valence-corrected chi connectivity index (χ3v) is 3.37. The zero-order valence-corrected chi connectivity index (χ0v) is 11.8. The summed E-state index contributed by atoms with van der Waals surface area (Å²) in [5.41, 5.74) is -0.145. The third-order valence-electron chi connectivity index (χ3n) is 3.02. The maximum absolute atomic E-state index is 13.8. The molecule has 2 rings (SSSR count). The standard InChI is InChI=1S/C15H12ClF2NO2/c1-8(10-4-2-3-5-11(10)16)19-14-12(17)6-9(15(20)21)7-13(14)18/h2-8,19H,1H3,(H,20,21). The Kier molecular flexibility index (Phi) is 4.43. The molecule has 0 saturated heterocycles. The van der Waals surface area contributed by atoms with Gasteiger partial charge in [-0.1, -0.05) is 29.8 Å². The molecule has 0 saturated carbocycles. The van der Waals surface area contributed by atoms with Crippen LogP contribution in [0, 0.1) is 11.6 Å². The molecule has 110 valence electrons. The fraction of sp³-hybridized carbons (Fsp3) is 0.133. The number of anilines is 1. The molecule has 2 N–H and O–H groups in total. The van der Waals surface area contributed by atoms with E-state index < -0.39 is 29.2 Å². The third kappa shape index (κ3) is 3.31. The van der Waals surface area contributed by atoms with Gasteiger partial charge in [-0.25, -0.2) is 13.6 Å². The van der Waals surface area contributed by atoms with Crippen molar-refractivity contribution in [2.45, 2.75) is 13.0 Å². The highest BCUT2D eigenvalue weighted by atomic mass is 35.5. The molecule has 0 aliphatic heterocycles. The van der Waals surface area contributed by atoms with Crippen molar-refractivity contribution in [1.82, 2.24) is 0 Å². The molecule has 3 nitrogen and oxygen atoms in total. The average molecular weight is 312 g/mol. The maximum Gasteiger partial charge on any atom is 0.335 e. The van der Waals surface area contributed by atoms with E-state index in [2.05, 4.69) is 5.32 Å². The minimum atomic E-state index is -1.39. The SMILES string of the molecule is CC(Nc1c(F)cc(C(=O)O)cc1F)c1ccccc1Cl. The van der Waals surface area contributed by atoms with E-state index in [1.165, 1.54) is 0 Å². The van der Waals surface area contributed by atoms with Crippen LogP contribution >= 0.6 is 11.6 Å². The van der Waals surface area contributed by atoms with Crippen LogP contribution in [-0.2, 0) is 0 Å². The second kappa shape index (κ2) is 6.10. The van der Waals surface area contributed by atoms with Crippen molar-refractivity contribution in [1.29, 1.82) is 0 Å². The van der Waals surface area contributed by atoms with Crippen molar-refractivity contribution in [3.8, 4) is 0 Å². The number of nitrogens with one attached hydrogen (secondary N) is 1. The van der Waals surface area contributed by atoms with Gasteiger partial charge in [-0.05, 0) is 30.7 Å². The van der Waals surface area contributed by atoms with Gasteiger partial charge in [-0.3, -0.25) is 0 Å². The van der Waals surface area contributed by atoms with Crippen molar-refractivity contribution in [3.63, 3.8) is 0 Å².